The monoisotopic (exact) mass is 444 g/mol. The molecule has 0 bridgehead atoms. The summed E-state index contributed by atoms with van der Waals surface area (Å²) in [5, 5.41) is 12.3. The third-order valence-electron chi connectivity index (χ3n) is 5.20. The zero-order valence-corrected chi connectivity index (χ0v) is 19.3. The standard InChI is InChI=1S/C23H28N2O3S2/c1-15-13-16(2)21(17(3)14-15)24-23(25-10-4-7-18(25)22(27)28)30-12-5-8-19(26)20-9-6-11-29-20/h6,9,11,13-14,18H,4-5,7-8,10,12H2,1-3H3,(H,27,28). The highest BCUT2D eigenvalue weighted by molar-refractivity contribution is 8.13. The Bertz CT molecular complexity index is 915. The van der Waals surface area contributed by atoms with Gasteiger partial charge in [-0.1, -0.05) is 35.5 Å². The van der Waals surface area contributed by atoms with E-state index in [1.54, 1.807) is 11.8 Å². The van der Waals surface area contributed by atoms with Gasteiger partial charge in [-0.3, -0.25) is 4.79 Å². The lowest BCUT2D eigenvalue weighted by Crippen LogP contribution is -2.39. The fourth-order valence-corrected chi connectivity index (χ4v) is 5.54. The Morgan fingerprint density at radius 3 is 2.63 bits per heavy atom. The highest BCUT2D eigenvalue weighted by atomic mass is 32.2. The van der Waals surface area contributed by atoms with E-state index >= 15 is 0 Å². The Balaban J connectivity index is 1.76. The van der Waals surface area contributed by atoms with Gasteiger partial charge in [0.05, 0.1) is 10.6 Å². The number of hydrogen-bond acceptors (Lipinski definition) is 5. The molecule has 30 heavy (non-hydrogen) atoms. The number of likely N-dealkylation sites (tertiary alicyclic amines) is 1. The van der Waals surface area contributed by atoms with Crippen LogP contribution < -0.4 is 0 Å². The molecule has 1 unspecified atom stereocenters. The number of aliphatic carboxylic acids is 1. The molecule has 7 heteroatoms. The van der Waals surface area contributed by atoms with Gasteiger partial charge in [0.15, 0.2) is 11.0 Å². The van der Waals surface area contributed by atoms with Crippen LogP contribution in [-0.2, 0) is 4.79 Å². The number of carboxylic acid groups (broad SMARTS) is 1. The van der Waals surface area contributed by atoms with Gasteiger partial charge in [-0.15, -0.1) is 11.3 Å². The second kappa shape index (κ2) is 10.3. The highest BCUT2D eigenvalue weighted by Crippen LogP contribution is 2.30. The number of benzene rings is 1. The van der Waals surface area contributed by atoms with Gasteiger partial charge in [-0.05, 0) is 62.6 Å². The van der Waals surface area contributed by atoms with E-state index < -0.39 is 12.0 Å². The smallest absolute Gasteiger partial charge is 0.326 e. The summed E-state index contributed by atoms with van der Waals surface area (Å²) in [5.41, 5.74) is 4.28. The second-order valence-electron chi connectivity index (χ2n) is 7.68. The first-order valence-corrected chi connectivity index (χ1v) is 12.1. The zero-order valence-electron chi connectivity index (χ0n) is 17.7. The number of thioether (sulfide) groups is 1. The van der Waals surface area contributed by atoms with Crippen LogP contribution in [0.3, 0.4) is 0 Å². The average molecular weight is 445 g/mol. The minimum atomic E-state index is -0.800. The topological polar surface area (TPSA) is 70.0 Å². The molecule has 1 N–H and O–H groups in total. The number of thiophene rings is 1. The van der Waals surface area contributed by atoms with Crippen LogP contribution in [0, 0.1) is 20.8 Å². The van der Waals surface area contributed by atoms with Gasteiger partial charge in [-0.25, -0.2) is 9.79 Å². The van der Waals surface area contributed by atoms with E-state index in [-0.39, 0.29) is 5.78 Å². The number of carboxylic acids is 1. The normalized spacial score (nSPS) is 16.8. The molecule has 2 heterocycles. The van der Waals surface area contributed by atoms with Gasteiger partial charge in [0.2, 0.25) is 0 Å². The summed E-state index contributed by atoms with van der Waals surface area (Å²) < 4.78 is 0. The largest absolute Gasteiger partial charge is 0.480 e. The first kappa shape index (κ1) is 22.6. The number of amidine groups is 1. The summed E-state index contributed by atoms with van der Waals surface area (Å²) in [4.78, 5) is 31.7. The fourth-order valence-electron chi connectivity index (χ4n) is 3.83. The molecule has 160 valence electrons. The number of aliphatic imine (C=N–C) groups is 1. The van der Waals surface area contributed by atoms with E-state index in [1.165, 1.54) is 16.9 Å². The lowest BCUT2D eigenvalue weighted by atomic mass is 10.1. The molecule has 5 nitrogen and oxygen atoms in total. The maximum absolute atomic E-state index is 12.2. The summed E-state index contributed by atoms with van der Waals surface area (Å²) in [6.45, 7) is 6.84. The van der Waals surface area contributed by atoms with Gasteiger partial charge in [0.25, 0.3) is 0 Å². The van der Waals surface area contributed by atoms with Crippen LogP contribution in [0.4, 0.5) is 5.69 Å². The van der Waals surface area contributed by atoms with E-state index in [4.69, 9.17) is 4.99 Å². The van der Waals surface area contributed by atoms with E-state index in [9.17, 15) is 14.7 Å². The van der Waals surface area contributed by atoms with E-state index in [1.807, 2.05) is 36.3 Å². The SMILES string of the molecule is Cc1cc(C)c(N=C(SCCCC(=O)c2cccs2)N2CCCC2C(=O)O)c(C)c1. The Hall–Kier alpha value is -2.12. The fraction of sp³-hybridized carbons (Fsp3) is 0.435. The van der Waals surface area contributed by atoms with Crippen molar-refractivity contribution < 1.29 is 14.7 Å². The van der Waals surface area contributed by atoms with Crippen molar-refractivity contribution in [2.45, 2.75) is 52.5 Å². The van der Waals surface area contributed by atoms with Crippen molar-refractivity contribution in [3.05, 3.63) is 51.2 Å². The zero-order chi connectivity index (χ0) is 21.7. The van der Waals surface area contributed by atoms with Crippen molar-refractivity contribution in [2.75, 3.05) is 12.3 Å². The number of rotatable bonds is 7. The van der Waals surface area contributed by atoms with Crippen LogP contribution in [0.1, 0.15) is 52.0 Å². The molecule has 1 aromatic carbocycles. The molecule has 1 aliphatic heterocycles. The molecule has 2 aromatic rings. The van der Waals surface area contributed by atoms with Crippen LogP contribution in [0.5, 0.6) is 0 Å². The van der Waals surface area contributed by atoms with Gasteiger partial charge in [0, 0.05) is 18.7 Å². The summed E-state index contributed by atoms with van der Waals surface area (Å²) >= 11 is 3.03. The summed E-state index contributed by atoms with van der Waals surface area (Å²) in [6, 6.07) is 7.43. The number of aryl methyl sites for hydroxylation is 3. The van der Waals surface area contributed by atoms with Crippen molar-refractivity contribution in [3.8, 4) is 0 Å². The third-order valence-corrected chi connectivity index (χ3v) is 7.19. The van der Waals surface area contributed by atoms with Gasteiger partial charge >= 0.3 is 5.97 Å². The molecular formula is C23H28N2O3S2. The number of nitrogens with zero attached hydrogens (tertiary/aromatic N) is 2. The minimum Gasteiger partial charge on any atom is -0.480 e. The molecule has 1 atom stereocenters. The molecule has 1 aliphatic rings. The highest BCUT2D eigenvalue weighted by Gasteiger charge is 2.33. The van der Waals surface area contributed by atoms with Crippen molar-refractivity contribution in [1.29, 1.82) is 0 Å². The lowest BCUT2D eigenvalue weighted by Gasteiger charge is -2.25. The van der Waals surface area contributed by atoms with E-state index in [0.29, 0.717) is 19.4 Å². The molecule has 0 amide bonds. The lowest BCUT2D eigenvalue weighted by molar-refractivity contribution is -0.140. The predicted molar refractivity (Wildman–Crippen MR) is 125 cm³/mol. The van der Waals surface area contributed by atoms with Crippen molar-refractivity contribution in [2.24, 2.45) is 4.99 Å². The molecule has 0 aliphatic carbocycles. The molecule has 1 aromatic heterocycles. The Morgan fingerprint density at radius 2 is 2.00 bits per heavy atom. The summed E-state index contributed by atoms with van der Waals surface area (Å²) in [7, 11) is 0. The Morgan fingerprint density at radius 1 is 1.27 bits per heavy atom. The van der Waals surface area contributed by atoms with Crippen molar-refractivity contribution in [1.82, 2.24) is 4.90 Å². The Labute approximate surface area is 186 Å². The van der Waals surface area contributed by atoms with E-state index in [2.05, 4.69) is 19.1 Å². The number of Topliss-reactive ketones (excluding diaryl/α,β-unsaturated/α-hetero) is 1. The predicted octanol–water partition coefficient (Wildman–Crippen LogP) is 5.61. The van der Waals surface area contributed by atoms with Crippen LogP contribution >= 0.6 is 23.1 Å². The number of carbonyl (C=O) groups is 2. The number of carbonyl (C=O) groups excluding carboxylic acids is 1. The maximum Gasteiger partial charge on any atom is 0.326 e. The molecule has 0 saturated carbocycles. The molecular weight excluding hydrogens is 416 g/mol. The van der Waals surface area contributed by atoms with Crippen LogP contribution in [0.2, 0.25) is 0 Å². The van der Waals surface area contributed by atoms with Crippen molar-refractivity contribution in [3.63, 3.8) is 0 Å². The average Bonchev–Trinajstić information content (AvgIpc) is 3.37. The molecule has 3 rings (SSSR count). The summed E-state index contributed by atoms with van der Waals surface area (Å²) in [5.74, 6) is 0.0906. The summed E-state index contributed by atoms with van der Waals surface area (Å²) in [6.07, 6.45) is 2.71. The number of hydrogen-bond donors (Lipinski definition) is 1. The van der Waals surface area contributed by atoms with Gasteiger partial charge < -0.3 is 10.0 Å². The van der Waals surface area contributed by atoms with Crippen LogP contribution in [0.25, 0.3) is 0 Å². The second-order valence-corrected chi connectivity index (χ2v) is 9.69. The first-order valence-electron chi connectivity index (χ1n) is 10.2. The van der Waals surface area contributed by atoms with Gasteiger partial charge in [0.1, 0.15) is 6.04 Å². The van der Waals surface area contributed by atoms with Crippen molar-refractivity contribution >= 4 is 45.7 Å². The first-order chi connectivity index (χ1) is 14.4. The Kier molecular flexibility index (Phi) is 7.72. The van der Waals surface area contributed by atoms with Crippen LogP contribution in [-0.4, -0.2) is 45.3 Å². The van der Waals surface area contributed by atoms with E-state index in [0.717, 1.165) is 45.5 Å². The number of ketones is 1. The minimum absolute atomic E-state index is 0.166. The quantitative estimate of drug-likeness (QED) is 0.260. The molecule has 1 fully saturated rings. The van der Waals surface area contributed by atoms with Gasteiger partial charge in [-0.2, -0.15) is 0 Å². The molecule has 0 spiro atoms. The molecule has 1 saturated heterocycles. The van der Waals surface area contributed by atoms with Crippen LogP contribution in [0.15, 0.2) is 34.6 Å². The third kappa shape index (κ3) is 5.52. The molecule has 0 radical (unpaired) electrons. The maximum atomic E-state index is 12.2.